The predicted octanol–water partition coefficient (Wildman–Crippen LogP) is 7.51. The van der Waals surface area contributed by atoms with E-state index in [1.165, 1.54) is 19.2 Å². The number of aliphatic hydroxyl groups is 1. The molecule has 59 heavy (non-hydrogen) atoms. The molecule has 314 valence electrons. The molecule has 3 aliphatic heterocycles. The zero-order valence-corrected chi connectivity index (χ0v) is 33.1. The fourth-order valence-electron chi connectivity index (χ4n) is 7.65. The molecule has 1 aromatic heterocycles. The number of amides is 2. The maximum atomic E-state index is 13.1. The van der Waals surface area contributed by atoms with Crippen LogP contribution in [0.1, 0.15) is 42.1 Å². The lowest BCUT2D eigenvalue weighted by Gasteiger charge is -2.43. The van der Waals surface area contributed by atoms with Crippen LogP contribution < -0.4 is 26.2 Å². The Morgan fingerprint density at radius 1 is 0.949 bits per heavy atom. The number of H-pyrrole nitrogens is 1. The van der Waals surface area contributed by atoms with Gasteiger partial charge in [-0.1, -0.05) is 60.1 Å². The topological polar surface area (TPSA) is 174 Å². The van der Waals surface area contributed by atoms with Gasteiger partial charge in [-0.05, 0) is 85.6 Å². The second-order valence-corrected chi connectivity index (χ2v) is 14.8. The van der Waals surface area contributed by atoms with Crippen molar-refractivity contribution >= 4 is 46.1 Å². The van der Waals surface area contributed by atoms with E-state index in [4.69, 9.17) is 25.8 Å². The van der Waals surface area contributed by atoms with Gasteiger partial charge in [0.1, 0.15) is 17.6 Å². The Morgan fingerprint density at radius 3 is 2.44 bits per heavy atom. The third kappa shape index (κ3) is 10.9. The molecular formula is C43H48ClF2N5O8. The van der Waals surface area contributed by atoms with Crippen molar-refractivity contribution in [3.8, 4) is 22.6 Å². The zero-order chi connectivity index (χ0) is 39.9. The van der Waals surface area contributed by atoms with Crippen molar-refractivity contribution in [1.29, 1.82) is 0 Å². The molecule has 3 fully saturated rings. The summed E-state index contributed by atoms with van der Waals surface area (Å²) in [5.41, 5.74) is 4.91. The van der Waals surface area contributed by atoms with E-state index in [1.54, 1.807) is 24.3 Å². The van der Waals surface area contributed by atoms with Crippen molar-refractivity contribution in [3.05, 3.63) is 117 Å². The Balaban J connectivity index is 0.00000331. The number of nitrogens with zero attached hydrogens (tertiary/aromatic N) is 1. The van der Waals surface area contributed by atoms with Gasteiger partial charge in [-0.25, -0.2) is 9.59 Å². The number of nitrogens with one attached hydrogen (secondary N) is 4. The number of aromatic nitrogens is 1. The van der Waals surface area contributed by atoms with Gasteiger partial charge in [0.05, 0.1) is 41.7 Å². The van der Waals surface area contributed by atoms with Crippen LogP contribution >= 0.6 is 11.6 Å². The molecule has 0 aliphatic carbocycles. The molecule has 0 unspecified atom stereocenters. The lowest BCUT2D eigenvalue weighted by atomic mass is 9.86. The van der Waals surface area contributed by atoms with Gasteiger partial charge in [-0.2, -0.15) is 0 Å². The standard InChI is InChI=1S/C43H46ClN5O8.2FH/c1-55-38-22-35(33(44)21-29(38)23-45-24-37(51)31-11-13-36(50)41-32(31)12-14-40(52)48-41)47-42(53)56-19-5-6-26-9-10-30(27-7-3-2-4-8-27)34(20-26)46-43(54)57-39-25-49-17-15-28(39)16-18-49;;/h2-4,7-14,20-22,28,37,39,45,50-51H,5-6,15-19,23-25H2,1H3,(H,46,54)(H,47,53)(H,48,52);2*1H/t37-,39-;;/m0../s1. The molecule has 4 heterocycles. The first-order valence-electron chi connectivity index (χ1n) is 19.1. The Kier molecular flexibility index (Phi) is 15.3. The third-order valence-electron chi connectivity index (χ3n) is 10.6. The van der Waals surface area contributed by atoms with Crippen molar-refractivity contribution in [1.82, 2.24) is 15.2 Å². The zero-order valence-electron chi connectivity index (χ0n) is 32.4. The average Bonchev–Trinajstić information content (AvgIpc) is 3.21. The number of pyridine rings is 1. The molecule has 16 heteroatoms. The molecule has 5 aromatic rings. The van der Waals surface area contributed by atoms with E-state index in [2.05, 4.69) is 25.8 Å². The molecule has 6 N–H and O–H groups in total. The summed E-state index contributed by atoms with van der Waals surface area (Å²) < 4.78 is 17.0. The number of aromatic hydroxyl groups is 1. The molecule has 2 amide bonds. The van der Waals surface area contributed by atoms with Crippen LogP contribution in [0.3, 0.4) is 0 Å². The van der Waals surface area contributed by atoms with Crippen LogP contribution in [0.15, 0.2) is 89.7 Å². The van der Waals surface area contributed by atoms with Crippen molar-refractivity contribution in [2.75, 3.05) is 50.5 Å². The number of hydrogen-bond acceptors (Lipinski definition) is 10. The predicted molar refractivity (Wildman–Crippen MR) is 224 cm³/mol. The minimum absolute atomic E-state index is 0. The second-order valence-electron chi connectivity index (χ2n) is 14.4. The van der Waals surface area contributed by atoms with Gasteiger partial charge < -0.3 is 34.7 Å². The average molecular weight is 836 g/mol. The van der Waals surface area contributed by atoms with E-state index in [0.29, 0.717) is 52.4 Å². The molecule has 3 saturated heterocycles. The van der Waals surface area contributed by atoms with Crippen molar-refractivity contribution in [2.45, 2.75) is 44.4 Å². The van der Waals surface area contributed by atoms with Crippen LogP contribution in [0.2, 0.25) is 5.02 Å². The van der Waals surface area contributed by atoms with E-state index < -0.39 is 18.3 Å². The van der Waals surface area contributed by atoms with Gasteiger partial charge >= 0.3 is 12.2 Å². The second kappa shape index (κ2) is 20.3. The number of phenols is 1. The third-order valence-corrected chi connectivity index (χ3v) is 10.9. The van der Waals surface area contributed by atoms with Crippen LogP contribution in [0, 0.1) is 5.92 Å². The van der Waals surface area contributed by atoms with Crippen molar-refractivity contribution in [3.63, 3.8) is 0 Å². The summed E-state index contributed by atoms with van der Waals surface area (Å²) in [7, 11) is 1.50. The monoisotopic (exact) mass is 835 g/mol. The highest BCUT2D eigenvalue weighted by atomic mass is 35.5. The first-order valence-corrected chi connectivity index (χ1v) is 19.4. The fourth-order valence-corrected chi connectivity index (χ4v) is 7.88. The van der Waals surface area contributed by atoms with Crippen LogP contribution in [-0.4, -0.2) is 78.3 Å². The molecule has 2 atom stereocenters. The molecule has 0 saturated carbocycles. The number of piperidine rings is 3. The Bertz CT molecular complexity index is 2290. The Hall–Kier alpha value is -5.74. The minimum atomic E-state index is -0.952. The summed E-state index contributed by atoms with van der Waals surface area (Å²) in [5.74, 6) is 0.775. The number of carbonyl (C=O) groups is 2. The number of methoxy groups -OCH3 is 1. The van der Waals surface area contributed by atoms with Gasteiger partial charge in [-0.3, -0.25) is 29.7 Å². The maximum absolute atomic E-state index is 13.1. The molecule has 4 aromatic carbocycles. The molecule has 2 bridgehead atoms. The maximum Gasteiger partial charge on any atom is 0.411 e. The van der Waals surface area contributed by atoms with E-state index >= 15 is 0 Å². The Morgan fingerprint density at radius 2 is 1.71 bits per heavy atom. The SMILES string of the molecule is COc1cc(NC(=O)OCCCc2ccc(-c3ccccc3)c(NC(=O)O[C@H]3CN4CCC3CC4)c2)c(Cl)cc1CNC[C@H](O)c1ccc(O)c2[nH]c(=O)ccc12.F.F. The summed E-state index contributed by atoms with van der Waals surface area (Å²) in [4.78, 5) is 42.6. The van der Waals surface area contributed by atoms with E-state index in [9.17, 15) is 24.6 Å². The molecule has 0 spiro atoms. The number of halogens is 3. The van der Waals surface area contributed by atoms with Gasteiger partial charge in [0.25, 0.3) is 0 Å². The first kappa shape index (κ1) is 44.4. The highest BCUT2D eigenvalue weighted by molar-refractivity contribution is 6.33. The summed E-state index contributed by atoms with van der Waals surface area (Å²) in [6, 6.07) is 25.0. The van der Waals surface area contributed by atoms with Gasteiger partial charge in [0.15, 0.2) is 0 Å². The summed E-state index contributed by atoms with van der Waals surface area (Å²) in [5, 5.41) is 30.8. The van der Waals surface area contributed by atoms with Crippen molar-refractivity contribution in [2.24, 2.45) is 5.92 Å². The number of hydrogen-bond donors (Lipinski definition) is 6. The number of aliphatic hydroxyl groups excluding tert-OH is 1. The lowest BCUT2D eigenvalue weighted by molar-refractivity contribution is -0.0289. The van der Waals surface area contributed by atoms with Gasteiger partial charge in [0.2, 0.25) is 5.56 Å². The van der Waals surface area contributed by atoms with Crippen LogP contribution in [-0.2, 0) is 22.4 Å². The number of phenolic OH excluding ortho intramolecular Hbond substituents is 1. The number of fused-ring (bicyclic) bond motifs is 4. The van der Waals surface area contributed by atoms with E-state index in [0.717, 1.165) is 49.2 Å². The largest absolute Gasteiger partial charge is 0.506 e. The number of carbonyl (C=O) groups excluding carboxylic acids is 2. The first-order chi connectivity index (χ1) is 27.6. The molecule has 3 aliphatic rings. The highest BCUT2D eigenvalue weighted by Crippen LogP contribution is 2.34. The molecule has 13 nitrogen and oxygen atoms in total. The number of aromatic amines is 1. The van der Waals surface area contributed by atoms with Crippen molar-refractivity contribution < 1.29 is 43.4 Å². The normalized spacial score (nSPS) is 17.2. The molecule has 0 radical (unpaired) electrons. The van der Waals surface area contributed by atoms with Gasteiger partial charge in [-0.15, -0.1) is 0 Å². The van der Waals surface area contributed by atoms with Crippen LogP contribution in [0.5, 0.6) is 11.5 Å². The Labute approximate surface area is 344 Å². The summed E-state index contributed by atoms with van der Waals surface area (Å²) in [6.07, 6.45) is 1.05. The minimum Gasteiger partial charge on any atom is -0.506 e. The smallest absolute Gasteiger partial charge is 0.411 e. The highest BCUT2D eigenvalue weighted by Gasteiger charge is 2.36. The van der Waals surface area contributed by atoms with Crippen LogP contribution in [0.4, 0.5) is 30.4 Å². The fraction of sp³-hybridized carbons (Fsp3) is 0.326. The number of aryl methyl sites for hydroxylation is 1. The lowest BCUT2D eigenvalue weighted by Crippen LogP contribution is -2.52. The number of ether oxygens (including phenoxy) is 3. The molecule has 8 rings (SSSR count). The number of rotatable bonds is 14. The summed E-state index contributed by atoms with van der Waals surface area (Å²) in [6.45, 7) is 3.47. The quantitative estimate of drug-likeness (QED) is 0.0615. The summed E-state index contributed by atoms with van der Waals surface area (Å²) >= 11 is 6.56. The number of benzene rings is 4. The van der Waals surface area contributed by atoms with Crippen LogP contribution in [0.25, 0.3) is 22.0 Å². The number of anilines is 2. The van der Waals surface area contributed by atoms with Gasteiger partial charge in [0, 0.05) is 48.3 Å². The van der Waals surface area contributed by atoms with E-state index in [-0.39, 0.29) is 57.1 Å². The van der Waals surface area contributed by atoms with E-state index in [1.807, 2.05) is 48.5 Å². The molecular weight excluding hydrogens is 788 g/mol.